The number of carbonyl (C=O) groups excluding carboxylic acids is 1. The lowest BCUT2D eigenvalue weighted by molar-refractivity contribution is -0.128. The fourth-order valence-electron chi connectivity index (χ4n) is 2.15. The van der Waals surface area contributed by atoms with Crippen molar-refractivity contribution in [3.63, 3.8) is 0 Å². The van der Waals surface area contributed by atoms with E-state index in [-0.39, 0.29) is 18.6 Å². The zero-order chi connectivity index (χ0) is 15.0. The predicted octanol–water partition coefficient (Wildman–Crippen LogP) is 3.47. The molecule has 0 heterocycles. The summed E-state index contributed by atoms with van der Waals surface area (Å²) in [5, 5.41) is 9.12. The number of hydrogen-bond donors (Lipinski definition) is 1. The van der Waals surface area contributed by atoms with E-state index < -0.39 is 0 Å². The molecule has 1 amide bonds. The monoisotopic (exact) mass is 339 g/mol. The van der Waals surface area contributed by atoms with Gasteiger partial charge in [0, 0.05) is 23.1 Å². The van der Waals surface area contributed by atoms with Crippen LogP contribution in [0.5, 0.6) is 0 Å². The molecule has 110 valence electrons. The molecule has 1 aromatic rings. The van der Waals surface area contributed by atoms with E-state index in [9.17, 15) is 4.79 Å². The molecule has 0 aromatic heterocycles. The Labute approximate surface area is 129 Å². The lowest BCUT2D eigenvalue weighted by Gasteiger charge is -2.29. The molecule has 1 N–H and O–H groups in total. The highest BCUT2D eigenvalue weighted by Crippen LogP contribution is 2.13. The largest absolute Gasteiger partial charge is 0.395 e. The van der Waals surface area contributed by atoms with Crippen molar-refractivity contribution in [2.75, 3.05) is 13.2 Å². The van der Waals surface area contributed by atoms with Crippen LogP contribution in [0.3, 0.4) is 0 Å². The van der Waals surface area contributed by atoms with Crippen LogP contribution in [0.15, 0.2) is 34.8 Å². The van der Waals surface area contributed by atoms with Gasteiger partial charge in [-0.1, -0.05) is 41.9 Å². The van der Waals surface area contributed by atoms with Crippen molar-refractivity contribution in [3.8, 4) is 0 Å². The number of nitrogens with zero attached hydrogens (tertiary/aromatic N) is 1. The molecule has 0 saturated carbocycles. The highest BCUT2D eigenvalue weighted by Gasteiger charge is 2.18. The first kappa shape index (κ1) is 16.9. The quantitative estimate of drug-likeness (QED) is 0.772. The van der Waals surface area contributed by atoms with Gasteiger partial charge in [-0.2, -0.15) is 0 Å². The maximum atomic E-state index is 12.3. The third kappa shape index (κ3) is 5.10. The van der Waals surface area contributed by atoms with Crippen LogP contribution >= 0.6 is 15.9 Å². The normalized spacial score (nSPS) is 11.2. The summed E-state index contributed by atoms with van der Waals surface area (Å²) in [6.07, 6.45) is 5.18. The fourth-order valence-corrected chi connectivity index (χ4v) is 2.41. The maximum absolute atomic E-state index is 12.3. The van der Waals surface area contributed by atoms with Crippen LogP contribution in [0.1, 0.15) is 32.3 Å². The molecule has 1 aromatic carbocycles. The molecule has 20 heavy (non-hydrogen) atoms. The van der Waals surface area contributed by atoms with Crippen LogP contribution in [-0.4, -0.2) is 35.1 Å². The second-order valence-electron chi connectivity index (χ2n) is 4.61. The summed E-state index contributed by atoms with van der Waals surface area (Å²) in [4.78, 5) is 14.0. The average Bonchev–Trinajstić information content (AvgIpc) is 2.46. The highest BCUT2D eigenvalue weighted by molar-refractivity contribution is 9.10. The number of hydrogen-bond acceptors (Lipinski definition) is 2. The van der Waals surface area contributed by atoms with E-state index in [4.69, 9.17) is 5.11 Å². The summed E-state index contributed by atoms with van der Waals surface area (Å²) >= 11 is 3.38. The molecule has 4 heteroatoms. The Kier molecular flexibility index (Phi) is 7.55. The van der Waals surface area contributed by atoms with E-state index in [1.54, 1.807) is 11.0 Å². The van der Waals surface area contributed by atoms with Crippen LogP contribution in [0.4, 0.5) is 0 Å². The van der Waals surface area contributed by atoms with Gasteiger partial charge in [0.15, 0.2) is 0 Å². The van der Waals surface area contributed by atoms with E-state index in [0.717, 1.165) is 22.9 Å². The number of halogens is 1. The lowest BCUT2D eigenvalue weighted by Crippen LogP contribution is -2.40. The molecule has 0 fully saturated rings. The van der Waals surface area contributed by atoms with Crippen molar-refractivity contribution in [1.29, 1.82) is 0 Å². The van der Waals surface area contributed by atoms with E-state index in [0.29, 0.717) is 6.54 Å². The highest BCUT2D eigenvalue weighted by atomic mass is 79.9. The van der Waals surface area contributed by atoms with Crippen LogP contribution < -0.4 is 0 Å². The van der Waals surface area contributed by atoms with Gasteiger partial charge < -0.3 is 10.0 Å². The molecular formula is C16H22BrNO2. The first-order valence-electron chi connectivity index (χ1n) is 6.97. The molecule has 0 aliphatic rings. The topological polar surface area (TPSA) is 40.5 Å². The number of rotatable bonds is 7. The smallest absolute Gasteiger partial charge is 0.246 e. The van der Waals surface area contributed by atoms with Crippen molar-refractivity contribution in [2.24, 2.45) is 0 Å². The summed E-state index contributed by atoms with van der Waals surface area (Å²) in [7, 11) is 0. The first-order chi connectivity index (χ1) is 9.62. The molecule has 0 aliphatic carbocycles. The van der Waals surface area contributed by atoms with Crippen molar-refractivity contribution in [1.82, 2.24) is 4.90 Å². The minimum absolute atomic E-state index is 0.00559. The minimum Gasteiger partial charge on any atom is -0.395 e. The lowest BCUT2D eigenvalue weighted by atomic mass is 10.1. The van der Waals surface area contributed by atoms with Crippen molar-refractivity contribution >= 4 is 27.9 Å². The zero-order valence-electron chi connectivity index (χ0n) is 12.1. The zero-order valence-corrected chi connectivity index (χ0v) is 13.6. The molecule has 0 spiro atoms. The van der Waals surface area contributed by atoms with Crippen LogP contribution in [0.2, 0.25) is 0 Å². The van der Waals surface area contributed by atoms with E-state index >= 15 is 0 Å². The Balaban J connectivity index is 2.77. The number of benzene rings is 1. The summed E-state index contributed by atoms with van der Waals surface area (Å²) in [5.41, 5.74) is 0.982. The molecular weight excluding hydrogens is 318 g/mol. The predicted molar refractivity (Wildman–Crippen MR) is 86.3 cm³/mol. The van der Waals surface area contributed by atoms with Crippen molar-refractivity contribution in [3.05, 3.63) is 40.4 Å². The SMILES string of the molecule is CCC(CC)N(CCO)C(=O)C=Cc1ccc(Br)cc1. The second-order valence-corrected chi connectivity index (χ2v) is 5.53. The van der Waals surface area contributed by atoms with E-state index in [1.807, 2.05) is 30.3 Å². The van der Waals surface area contributed by atoms with E-state index in [2.05, 4.69) is 29.8 Å². The number of aliphatic hydroxyl groups excluding tert-OH is 1. The standard InChI is InChI=1S/C16H22BrNO2/c1-3-15(4-2)18(11-12-19)16(20)10-7-13-5-8-14(17)9-6-13/h5-10,15,19H,3-4,11-12H2,1-2H3. The average molecular weight is 340 g/mol. The Bertz CT molecular complexity index is 438. The third-order valence-electron chi connectivity index (χ3n) is 3.30. The molecule has 0 radical (unpaired) electrons. The minimum atomic E-state index is -0.0457. The van der Waals surface area contributed by atoms with Gasteiger partial charge in [-0.05, 0) is 36.6 Å². The number of amides is 1. The molecule has 0 atom stereocenters. The van der Waals surface area contributed by atoms with Gasteiger partial charge in [-0.3, -0.25) is 4.79 Å². The summed E-state index contributed by atoms with van der Waals surface area (Å²) in [5.74, 6) is -0.0457. The third-order valence-corrected chi connectivity index (χ3v) is 3.82. The first-order valence-corrected chi connectivity index (χ1v) is 7.76. The van der Waals surface area contributed by atoms with Gasteiger partial charge in [0.2, 0.25) is 5.91 Å². The van der Waals surface area contributed by atoms with Gasteiger partial charge in [0.1, 0.15) is 0 Å². The van der Waals surface area contributed by atoms with Gasteiger partial charge >= 0.3 is 0 Å². The van der Waals surface area contributed by atoms with Gasteiger partial charge in [0.05, 0.1) is 6.61 Å². The molecule has 0 aliphatic heterocycles. The Morgan fingerprint density at radius 2 is 1.90 bits per heavy atom. The number of aliphatic hydroxyl groups is 1. The maximum Gasteiger partial charge on any atom is 0.246 e. The number of carbonyl (C=O) groups is 1. The van der Waals surface area contributed by atoms with Crippen molar-refractivity contribution < 1.29 is 9.90 Å². The summed E-state index contributed by atoms with van der Waals surface area (Å²) in [6.45, 7) is 4.50. The molecule has 1 rings (SSSR count). The van der Waals surface area contributed by atoms with Crippen LogP contribution in [0.25, 0.3) is 6.08 Å². The van der Waals surface area contributed by atoms with Gasteiger partial charge in [-0.25, -0.2) is 0 Å². The Hall–Kier alpha value is -1.13. The molecule has 0 bridgehead atoms. The van der Waals surface area contributed by atoms with Gasteiger partial charge in [0.25, 0.3) is 0 Å². The molecule has 3 nitrogen and oxygen atoms in total. The Morgan fingerprint density at radius 3 is 2.40 bits per heavy atom. The van der Waals surface area contributed by atoms with Crippen LogP contribution in [0, 0.1) is 0 Å². The van der Waals surface area contributed by atoms with Crippen molar-refractivity contribution in [2.45, 2.75) is 32.7 Å². The summed E-state index contributed by atoms with van der Waals surface area (Å²) in [6, 6.07) is 7.96. The van der Waals surface area contributed by atoms with E-state index in [1.165, 1.54) is 0 Å². The van der Waals surface area contributed by atoms with Crippen LogP contribution in [-0.2, 0) is 4.79 Å². The fraction of sp³-hybridized carbons (Fsp3) is 0.438. The Morgan fingerprint density at radius 1 is 1.30 bits per heavy atom. The second kappa shape index (κ2) is 8.93. The molecule has 0 saturated heterocycles. The molecule has 0 unspecified atom stereocenters. The van der Waals surface area contributed by atoms with Gasteiger partial charge in [-0.15, -0.1) is 0 Å². The summed E-state index contributed by atoms with van der Waals surface area (Å²) < 4.78 is 1.01.